The second kappa shape index (κ2) is 7.01. The number of rotatable bonds is 6. The van der Waals surface area contributed by atoms with Crippen molar-refractivity contribution >= 4 is 11.8 Å². The number of carbonyl (C=O) groups excluding carboxylic acids is 2. The summed E-state index contributed by atoms with van der Waals surface area (Å²) >= 11 is 0. The third kappa shape index (κ3) is 3.24. The summed E-state index contributed by atoms with van der Waals surface area (Å²) in [7, 11) is 3.11. The molecule has 1 aliphatic carbocycles. The second-order valence-electron chi connectivity index (χ2n) is 6.19. The highest BCUT2D eigenvalue weighted by molar-refractivity contribution is 6.00. The van der Waals surface area contributed by atoms with Crippen molar-refractivity contribution in [3.05, 3.63) is 47.1 Å². The van der Waals surface area contributed by atoms with Gasteiger partial charge in [-0.25, -0.2) is 0 Å². The van der Waals surface area contributed by atoms with Crippen molar-refractivity contribution in [3.8, 4) is 11.5 Å². The number of primary amides is 1. The van der Waals surface area contributed by atoms with Crippen LogP contribution in [0.5, 0.6) is 11.5 Å². The number of nitrogens with two attached hydrogens (primary N) is 1. The molecular formula is C19H22N2O4. The van der Waals surface area contributed by atoms with Crippen LogP contribution in [0.4, 0.5) is 0 Å². The van der Waals surface area contributed by atoms with E-state index in [2.05, 4.69) is 0 Å². The molecule has 1 aromatic carbocycles. The number of benzene rings is 1. The Morgan fingerprint density at radius 1 is 1.28 bits per heavy atom. The maximum Gasteiger partial charge on any atom is 0.254 e. The average molecular weight is 342 g/mol. The number of nitrogens with zero attached hydrogens (tertiary/aromatic N) is 1. The monoisotopic (exact) mass is 342 g/mol. The number of carbonyl (C=O) groups is 2. The van der Waals surface area contributed by atoms with E-state index in [1.807, 2.05) is 18.2 Å². The third-order valence-electron chi connectivity index (χ3n) is 4.69. The maximum atomic E-state index is 12.8. The predicted molar refractivity (Wildman–Crippen MR) is 93.2 cm³/mol. The van der Waals surface area contributed by atoms with Crippen molar-refractivity contribution in [2.24, 2.45) is 5.73 Å². The molecule has 0 saturated heterocycles. The molecule has 1 aliphatic heterocycles. The van der Waals surface area contributed by atoms with Crippen molar-refractivity contribution in [2.45, 2.75) is 25.3 Å². The summed E-state index contributed by atoms with van der Waals surface area (Å²) in [5.74, 6) is 0.649. The predicted octanol–water partition coefficient (Wildman–Crippen LogP) is 2.11. The van der Waals surface area contributed by atoms with Gasteiger partial charge in [-0.2, -0.15) is 0 Å². The van der Waals surface area contributed by atoms with Gasteiger partial charge < -0.3 is 20.1 Å². The van der Waals surface area contributed by atoms with E-state index in [1.54, 1.807) is 31.3 Å². The van der Waals surface area contributed by atoms with Gasteiger partial charge >= 0.3 is 0 Å². The van der Waals surface area contributed by atoms with Gasteiger partial charge in [-0.15, -0.1) is 0 Å². The van der Waals surface area contributed by atoms with E-state index >= 15 is 0 Å². The van der Waals surface area contributed by atoms with E-state index < -0.39 is 11.9 Å². The molecule has 6 heteroatoms. The van der Waals surface area contributed by atoms with Gasteiger partial charge in [0.25, 0.3) is 5.91 Å². The molecule has 132 valence electrons. The van der Waals surface area contributed by atoms with Crippen molar-refractivity contribution in [2.75, 3.05) is 20.8 Å². The lowest BCUT2D eigenvalue weighted by molar-refractivity contribution is -0.128. The number of hydrogen-bond acceptors (Lipinski definition) is 4. The standard InChI is InChI=1S/C19H22N2O4/c1-24-16-8-7-12(9-17(16)25-2)15(10-18(20)22)21-11-13-5-3-4-6-14(13)19(21)23/h4,6-9,15H,3,5,10-11H2,1-2H3,(H2,20,22). The first-order valence-corrected chi connectivity index (χ1v) is 8.25. The summed E-state index contributed by atoms with van der Waals surface area (Å²) in [4.78, 5) is 26.2. The van der Waals surface area contributed by atoms with Gasteiger partial charge in [0.1, 0.15) is 0 Å². The first-order chi connectivity index (χ1) is 12.0. The molecule has 1 unspecified atom stereocenters. The van der Waals surface area contributed by atoms with Crippen molar-refractivity contribution in [3.63, 3.8) is 0 Å². The zero-order valence-corrected chi connectivity index (χ0v) is 14.5. The minimum atomic E-state index is -0.451. The Morgan fingerprint density at radius 2 is 2.04 bits per heavy atom. The number of ether oxygens (including phenoxy) is 2. The first-order valence-electron chi connectivity index (χ1n) is 8.25. The van der Waals surface area contributed by atoms with E-state index in [4.69, 9.17) is 15.2 Å². The van der Waals surface area contributed by atoms with Crippen LogP contribution in [-0.4, -0.2) is 37.5 Å². The second-order valence-corrected chi connectivity index (χ2v) is 6.19. The Balaban J connectivity index is 1.95. The van der Waals surface area contributed by atoms with Crippen molar-refractivity contribution in [1.29, 1.82) is 0 Å². The van der Waals surface area contributed by atoms with E-state index in [9.17, 15) is 9.59 Å². The van der Waals surface area contributed by atoms with E-state index in [-0.39, 0.29) is 12.3 Å². The molecule has 0 radical (unpaired) electrons. The fourth-order valence-electron chi connectivity index (χ4n) is 3.44. The maximum absolute atomic E-state index is 12.8. The summed E-state index contributed by atoms with van der Waals surface area (Å²) in [6.07, 6.45) is 5.78. The highest BCUT2D eigenvalue weighted by atomic mass is 16.5. The molecule has 0 saturated carbocycles. The van der Waals surface area contributed by atoms with Crippen LogP contribution in [0, 0.1) is 0 Å². The Kier molecular flexibility index (Phi) is 4.79. The molecule has 0 bridgehead atoms. The Morgan fingerprint density at radius 3 is 2.68 bits per heavy atom. The van der Waals surface area contributed by atoms with Crippen molar-refractivity contribution < 1.29 is 19.1 Å². The van der Waals surface area contributed by atoms with Crippen LogP contribution in [-0.2, 0) is 9.59 Å². The summed E-state index contributed by atoms with van der Waals surface area (Å²) in [5, 5.41) is 0. The molecule has 1 heterocycles. The van der Waals surface area contributed by atoms with Crippen LogP contribution in [0.1, 0.15) is 30.9 Å². The SMILES string of the molecule is COc1ccc(C(CC(N)=O)N2CC3=C(C=CCC3)C2=O)cc1OC. The molecule has 6 nitrogen and oxygen atoms in total. The Labute approximate surface area is 146 Å². The average Bonchev–Trinajstić information content (AvgIpc) is 2.96. The number of allylic oxidation sites excluding steroid dienone is 1. The van der Waals surface area contributed by atoms with Gasteiger partial charge in [0, 0.05) is 12.1 Å². The van der Waals surface area contributed by atoms with Gasteiger partial charge in [-0.3, -0.25) is 9.59 Å². The lowest BCUT2D eigenvalue weighted by atomic mass is 10.0. The van der Waals surface area contributed by atoms with Crippen LogP contribution in [0.3, 0.4) is 0 Å². The fraction of sp³-hybridized carbons (Fsp3) is 0.368. The zero-order chi connectivity index (χ0) is 18.0. The van der Waals surface area contributed by atoms with Crippen LogP contribution >= 0.6 is 0 Å². The van der Waals surface area contributed by atoms with Crippen LogP contribution in [0.15, 0.2) is 41.5 Å². The van der Waals surface area contributed by atoms with Gasteiger partial charge in [0.15, 0.2) is 11.5 Å². The number of methoxy groups -OCH3 is 2. The van der Waals surface area contributed by atoms with Crippen LogP contribution in [0.2, 0.25) is 0 Å². The molecule has 0 fully saturated rings. The normalized spacial score (nSPS) is 17.5. The first kappa shape index (κ1) is 17.1. The molecule has 0 aromatic heterocycles. The lowest BCUT2D eigenvalue weighted by Crippen LogP contribution is -2.34. The highest BCUT2D eigenvalue weighted by Gasteiger charge is 2.35. The largest absolute Gasteiger partial charge is 0.493 e. The number of amides is 2. The third-order valence-corrected chi connectivity index (χ3v) is 4.69. The topological polar surface area (TPSA) is 81.9 Å². The quantitative estimate of drug-likeness (QED) is 0.858. The Bertz CT molecular complexity index is 767. The van der Waals surface area contributed by atoms with E-state index in [0.717, 1.165) is 29.6 Å². The van der Waals surface area contributed by atoms with Crippen molar-refractivity contribution in [1.82, 2.24) is 4.90 Å². The van der Waals surface area contributed by atoms with Gasteiger partial charge in [0.2, 0.25) is 5.91 Å². The summed E-state index contributed by atoms with van der Waals surface area (Å²) in [6, 6.07) is 4.99. The zero-order valence-electron chi connectivity index (χ0n) is 14.5. The minimum Gasteiger partial charge on any atom is -0.493 e. The summed E-state index contributed by atoms with van der Waals surface area (Å²) < 4.78 is 10.6. The van der Waals surface area contributed by atoms with Gasteiger partial charge in [-0.1, -0.05) is 18.2 Å². The molecule has 2 N–H and O–H groups in total. The van der Waals surface area contributed by atoms with Gasteiger partial charge in [0.05, 0.1) is 26.7 Å². The summed E-state index contributed by atoms with van der Waals surface area (Å²) in [6.45, 7) is 0.533. The summed E-state index contributed by atoms with van der Waals surface area (Å²) in [5.41, 5.74) is 8.13. The van der Waals surface area contributed by atoms with E-state index in [1.165, 1.54) is 0 Å². The number of hydrogen-bond donors (Lipinski definition) is 1. The highest BCUT2D eigenvalue weighted by Crippen LogP contribution is 2.38. The van der Waals surface area contributed by atoms with Gasteiger partial charge in [-0.05, 0) is 36.1 Å². The molecule has 3 rings (SSSR count). The molecule has 2 aliphatic rings. The molecule has 2 amide bonds. The smallest absolute Gasteiger partial charge is 0.254 e. The lowest BCUT2D eigenvalue weighted by Gasteiger charge is -2.28. The molecule has 1 aromatic rings. The molecule has 1 atom stereocenters. The van der Waals surface area contributed by atoms with Crippen LogP contribution in [0.25, 0.3) is 0 Å². The fourth-order valence-corrected chi connectivity index (χ4v) is 3.44. The minimum absolute atomic E-state index is 0.0491. The Hall–Kier alpha value is -2.76. The van der Waals surface area contributed by atoms with E-state index in [0.29, 0.717) is 18.0 Å². The molecular weight excluding hydrogens is 320 g/mol. The molecule has 0 spiro atoms. The van der Waals surface area contributed by atoms with Crippen LogP contribution < -0.4 is 15.2 Å². The molecule has 25 heavy (non-hydrogen) atoms.